The number of hydrogen-bond acceptors (Lipinski definition) is 3. The largest absolute Gasteiger partial charge is 0.478 e. The first-order valence-corrected chi connectivity index (χ1v) is 3.61. The minimum Gasteiger partial charge on any atom is -0.478 e. The van der Waals surface area contributed by atoms with Gasteiger partial charge in [0.15, 0.2) is 0 Å². The molecule has 4 nitrogen and oxygen atoms in total. The van der Waals surface area contributed by atoms with E-state index in [1.807, 2.05) is 13.0 Å². The normalized spacial score (nSPS) is 13.2. The summed E-state index contributed by atoms with van der Waals surface area (Å²) in [7, 11) is 0. The minimum absolute atomic E-state index is 0.00870. The zero-order valence-electron chi connectivity index (χ0n) is 7.16. The Kier molecular flexibility index (Phi) is 4.54. The zero-order chi connectivity index (χ0) is 9.56. The summed E-state index contributed by atoms with van der Waals surface area (Å²) in [5.74, 6) is -0.982. The van der Waals surface area contributed by atoms with Crippen LogP contribution in [-0.4, -0.2) is 17.1 Å². The van der Waals surface area contributed by atoms with E-state index in [2.05, 4.69) is 5.32 Å². The van der Waals surface area contributed by atoms with Crippen LogP contribution >= 0.6 is 0 Å². The molecule has 0 heterocycles. The molecule has 0 rings (SSSR count). The van der Waals surface area contributed by atoms with E-state index in [-0.39, 0.29) is 6.04 Å². The number of aliphatic carboxylic acids is 1. The molecule has 0 spiro atoms. The zero-order valence-corrected chi connectivity index (χ0v) is 7.16. The number of carboxylic acids is 1. The monoisotopic (exact) mass is 168 g/mol. The molecule has 0 aromatic carbocycles. The van der Waals surface area contributed by atoms with Gasteiger partial charge in [0.1, 0.15) is 0 Å². The van der Waals surface area contributed by atoms with E-state index < -0.39 is 5.97 Å². The Labute approximate surface area is 71.5 Å². The second-order valence-corrected chi connectivity index (χ2v) is 2.57. The highest BCUT2D eigenvalue weighted by Crippen LogP contribution is 1.94. The smallest absolute Gasteiger partial charge is 0.330 e. The molecule has 0 aliphatic carbocycles. The molecule has 0 radical (unpaired) electrons. The topological polar surface area (TPSA) is 73.1 Å². The summed E-state index contributed by atoms with van der Waals surface area (Å²) in [6, 6.07) is 1.98. The van der Waals surface area contributed by atoms with Crippen molar-refractivity contribution < 1.29 is 9.90 Å². The van der Waals surface area contributed by atoms with E-state index in [9.17, 15) is 4.79 Å². The maximum absolute atomic E-state index is 10.2. The van der Waals surface area contributed by atoms with Crippen LogP contribution in [-0.2, 0) is 4.79 Å². The fraction of sp³-hybridized carbons (Fsp3) is 0.500. The van der Waals surface area contributed by atoms with Crippen molar-refractivity contribution in [2.24, 2.45) is 0 Å². The van der Waals surface area contributed by atoms with Crippen LogP contribution in [0.4, 0.5) is 0 Å². The fourth-order valence-corrected chi connectivity index (χ4v) is 0.803. The predicted molar refractivity (Wildman–Crippen MR) is 44.2 cm³/mol. The third kappa shape index (κ3) is 5.30. The van der Waals surface area contributed by atoms with Gasteiger partial charge in [0.2, 0.25) is 0 Å². The van der Waals surface area contributed by atoms with Crippen molar-refractivity contribution in [2.75, 3.05) is 0 Å². The van der Waals surface area contributed by atoms with Gasteiger partial charge >= 0.3 is 5.97 Å². The Morgan fingerprint density at radius 2 is 2.42 bits per heavy atom. The highest BCUT2D eigenvalue weighted by atomic mass is 16.4. The molecule has 0 aliphatic heterocycles. The van der Waals surface area contributed by atoms with Gasteiger partial charge in [-0.3, -0.25) is 0 Å². The summed E-state index contributed by atoms with van der Waals surface area (Å²) in [6.07, 6.45) is 1.44. The van der Waals surface area contributed by atoms with Crippen LogP contribution < -0.4 is 5.32 Å². The average molecular weight is 168 g/mol. The molecule has 4 heteroatoms. The third-order valence-electron chi connectivity index (χ3n) is 1.21. The minimum atomic E-state index is -0.982. The van der Waals surface area contributed by atoms with Gasteiger partial charge in [-0.15, -0.1) is 0 Å². The molecule has 0 aromatic heterocycles. The predicted octanol–water partition coefficient (Wildman–Crippen LogP) is 0.867. The van der Waals surface area contributed by atoms with Crippen LogP contribution in [0.15, 0.2) is 11.8 Å². The van der Waals surface area contributed by atoms with Gasteiger partial charge < -0.3 is 10.4 Å². The van der Waals surface area contributed by atoms with Gasteiger partial charge in [-0.2, -0.15) is 5.26 Å². The lowest BCUT2D eigenvalue weighted by Gasteiger charge is -2.10. The van der Waals surface area contributed by atoms with Crippen LogP contribution in [0.2, 0.25) is 0 Å². The Morgan fingerprint density at radius 1 is 1.83 bits per heavy atom. The molecule has 2 N–H and O–H groups in total. The van der Waals surface area contributed by atoms with Gasteiger partial charge in [0.25, 0.3) is 0 Å². The summed E-state index contributed by atoms with van der Waals surface area (Å²) >= 11 is 0. The first-order chi connectivity index (χ1) is 5.56. The lowest BCUT2D eigenvalue weighted by atomic mass is 10.2. The summed E-state index contributed by atoms with van der Waals surface area (Å²) in [5.41, 5.74) is 0.560. The second-order valence-electron chi connectivity index (χ2n) is 2.57. The van der Waals surface area contributed by atoms with Gasteiger partial charge in [0, 0.05) is 17.8 Å². The molecule has 0 aliphatic rings. The van der Waals surface area contributed by atoms with Crippen LogP contribution in [0.3, 0.4) is 0 Å². The van der Waals surface area contributed by atoms with Crippen LogP contribution in [0, 0.1) is 11.3 Å². The number of nitriles is 1. The molecule has 0 amide bonds. The summed E-state index contributed by atoms with van der Waals surface area (Å²) in [5, 5.41) is 19.5. The number of nitrogens with one attached hydrogen (secondary N) is 1. The van der Waals surface area contributed by atoms with Crippen molar-refractivity contribution in [3.8, 4) is 6.07 Å². The van der Waals surface area contributed by atoms with Crippen LogP contribution in [0.1, 0.15) is 20.3 Å². The molecule has 1 atom stereocenters. The van der Waals surface area contributed by atoms with Gasteiger partial charge in [-0.05, 0) is 13.8 Å². The van der Waals surface area contributed by atoms with E-state index in [0.717, 1.165) is 6.08 Å². The second kappa shape index (κ2) is 5.19. The summed E-state index contributed by atoms with van der Waals surface area (Å²) < 4.78 is 0. The van der Waals surface area contributed by atoms with Gasteiger partial charge in [-0.1, -0.05) is 0 Å². The summed E-state index contributed by atoms with van der Waals surface area (Å²) in [6.45, 7) is 3.48. The van der Waals surface area contributed by atoms with E-state index in [1.165, 1.54) is 0 Å². The summed E-state index contributed by atoms with van der Waals surface area (Å²) in [4.78, 5) is 10.2. The average Bonchev–Trinajstić information content (AvgIpc) is 1.84. The number of allylic oxidation sites excluding steroid dienone is 1. The lowest BCUT2D eigenvalue weighted by molar-refractivity contribution is -0.131. The number of hydrogen-bond donors (Lipinski definition) is 2. The number of carboxylic acid groups (broad SMARTS) is 1. The van der Waals surface area contributed by atoms with Crippen molar-refractivity contribution in [1.82, 2.24) is 5.32 Å². The Bertz CT molecular complexity index is 228. The highest BCUT2D eigenvalue weighted by Gasteiger charge is 2.00. The van der Waals surface area contributed by atoms with Crippen LogP contribution in [0.25, 0.3) is 0 Å². The number of nitrogens with zero attached hydrogens (tertiary/aromatic N) is 1. The molecule has 0 unspecified atom stereocenters. The molecule has 0 saturated heterocycles. The highest BCUT2D eigenvalue weighted by molar-refractivity contribution is 5.80. The van der Waals surface area contributed by atoms with Crippen LogP contribution in [0.5, 0.6) is 0 Å². The standard InChI is InChI=1S/C8H12N2O2/c1-6(3-4-9)10-7(2)5-8(11)12/h5-6,10H,3H2,1-2H3,(H,11,12)/b7-5+/t6-/m0/s1. The Morgan fingerprint density at radius 3 is 2.83 bits per heavy atom. The Balaban J connectivity index is 3.93. The molecule has 0 saturated carbocycles. The first-order valence-electron chi connectivity index (χ1n) is 3.61. The van der Waals surface area contributed by atoms with Gasteiger partial charge in [-0.25, -0.2) is 4.79 Å². The van der Waals surface area contributed by atoms with Crippen molar-refractivity contribution in [1.29, 1.82) is 5.26 Å². The molecule has 12 heavy (non-hydrogen) atoms. The number of rotatable bonds is 4. The van der Waals surface area contributed by atoms with Gasteiger partial charge in [0.05, 0.1) is 12.5 Å². The molecular formula is C8H12N2O2. The van der Waals surface area contributed by atoms with Crippen molar-refractivity contribution >= 4 is 5.97 Å². The lowest BCUT2D eigenvalue weighted by Crippen LogP contribution is -2.24. The maximum Gasteiger partial charge on any atom is 0.330 e. The Hall–Kier alpha value is -1.50. The molecular weight excluding hydrogens is 156 g/mol. The van der Waals surface area contributed by atoms with Crippen molar-refractivity contribution in [3.05, 3.63) is 11.8 Å². The number of carbonyl (C=O) groups is 1. The molecule has 0 aromatic rings. The van der Waals surface area contributed by atoms with Crippen molar-refractivity contribution in [3.63, 3.8) is 0 Å². The van der Waals surface area contributed by atoms with E-state index in [0.29, 0.717) is 12.1 Å². The van der Waals surface area contributed by atoms with E-state index in [1.54, 1.807) is 6.92 Å². The van der Waals surface area contributed by atoms with Crippen molar-refractivity contribution in [2.45, 2.75) is 26.3 Å². The first kappa shape index (κ1) is 10.5. The van der Waals surface area contributed by atoms with E-state index in [4.69, 9.17) is 10.4 Å². The molecule has 66 valence electrons. The molecule has 0 fully saturated rings. The maximum atomic E-state index is 10.2. The quantitative estimate of drug-likeness (QED) is 0.611. The SMILES string of the molecule is C/C(=C\C(=O)O)N[C@@H](C)CC#N. The molecule has 0 bridgehead atoms. The van der Waals surface area contributed by atoms with E-state index >= 15 is 0 Å². The third-order valence-corrected chi connectivity index (χ3v) is 1.21. The fourth-order valence-electron chi connectivity index (χ4n) is 0.803.